The summed E-state index contributed by atoms with van der Waals surface area (Å²) in [7, 11) is 0. The minimum atomic E-state index is 0.112. The van der Waals surface area contributed by atoms with Gasteiger partial charge in [0, 0.05) is 20.2 Å². The minimum absolute atomic E-state index is 0.112. The fourth-order valence-electron chi connectivity index (χ4n) is 2.47. The van der Waals surface area contributed by atoms with Crippen LogP contribution in [-0.4, -0.2) is 12.3 Å². The monoisotopic (exact) mass is 436 g/mol. The number of allylic oxidation sites excluding steroid dienone is 3. The summed E-state index contributed by atoms with van der Waals surface area (Å²) in [6, 6.07) is 10.0. The van der Waals surface area contributed by atoms with E-state index in [0.29, 0.717) is 5.56 Å². The lowest BCUT2D eigenvalue weighted by molar-refractivity contribution is 0.690. The van der Waals surface area contributed by atoms with Gasteiger partial charge in [0.25, 0.3) is 0 Å². The van der Waals surface area contributed by atoms with Crippen LogP contribution >= 0.6 is 38.5 Å². The van der Waals surface area contributed by atoms with Crippen molar-refractivity contribution in [3.63, 3.8) is 0 Å². The Bertz CT molecular complexity index is 705. The second-order valence-corrected chi connectivity index (χ2v) is 6.61. The Morgan fingerprint density at radius 2 is 2.00 bits per heavy atom. The molecule has 0 fully saturated rings. The van der Waals surface area contributed by atoms with Gasteiger partial charge in [-0.3, -0.25) is 4.99 Å². The van der Waals surface area contributed by atoms with Crippen molar-refractivity contribution in [1.29, 1.82) is 5.26 Å². The molecule has 0 bridgehead atoms. The number of benzene rings is 1. The van der Waals surface area contributed by atoms with E-state index in [9.17, 15) is 0 Å². The van der Waals surface area contributed by atoms with E-state index in [1.165, 1.54) is 11.1 Å². The molecule has 4 heteroatoms. The summed E-state index contributed by atoms with van der Waals surface area (Å²) in [4.78, 5) is 4.68. The van der Waals surface area contributed by atoms with E-state index in [-0.39, 0.29) is 12.0 Å². The number of fused-ring (bicyclic) bond motifs is 1. The van der Waals surface area contributed by atoms with Crippen LogP contribution in [0.3, 0.4) is 0 Å². The van der Waals surface area contributed by atoms with Gasteiger partial charge in [-0.15, -0.1) is 0 Å². The number of nitrogens with zero attached hydrogens (tertiary/aromatic N) is 2. The van der Waals surface area contributed by atoms with Gasteiger partial charge in [0.15, 0.2) is 0 Å². The highest BCUT2D eigenvalue weighted by molar-refractivity contribution is 14.1. The predicted molar refractivity (Wildman–Crippen MR) is 93.4 cm³/mol. The maximum atomic E-state index is 8.88. The van der Waals surface area contributed by atoms with Crippen LogP contribution < -0.4 is 0 Å². The van der Waals surface area contributed by atoms with Crippen molar-refractivity contribution < 1.29 is 0 Å². The first kappa shape index (κ1) is 13.8. The number of dihydropyridines is 1. The molecule has 0 N–H and O–H groups in total. The lowest BCUT2D eigenvalue weighted by Gasteiger charge is -2.29. The number of hydrogen-bond donors (Lipinski definition) is 0. The van der Waals surface area contributed by atoms with E-state index in [1.807, 2.05) is 30.5 Å². The summed E-state index contributed by atoms with van der Waals surface area (Å²) in [5.74, 6) is 0.219. The van der Waals surface area contributed by atoms with Gasteiger partial charge in [-0.2, -0.15) is 5.26 Å². The molecule has 20 heavy (non-hydrogen) atoms. The largest absolute Gasteiger partial charge is 0.283 e. The molecule has 0 saturated carbocycles. The second-order valence-electron chi connectivity index (χ2n) is 4.65. The zero-order valence-corrected chi connectivity index (χ0v) is 14.2. The van der Waals surface area contributed by atoms with Gasteiger partial charge in [0.2, 0.25) is 0 Å². The predicted octanol–water partition coefficient (Wildman–Crippen LogP) is 4.63. The zero-order chi connectivity index (χ0) is 14.1. The van der Waals surface area contributed by atoms with Crippen LogP contribution in [0.5, 0.6) is 0 Å². The second kappa shape index (κ2) is 5.66. The van der Waals surface area contributed by atoms with Gasteiger partial charge in [-0.25, -0.2) is 0 Å². The van der Waals surface area contributed by atoms with E-state index < -0.39 is 0 Å². The molecular formula is C16H10BrIN2. The molecule has 1 heterocycles. The van der Waals surface area contributed by atoms with Gasteiger partial charge in [0.1, 0.15) is 0 Å². The highest BCUT2D eigenvalue weighted by Gasteiger charge is 2.30. The normalized spacial score (nSPS) is 24.1. The molecule has 2 atom stereocenters. The van der Waals surface area contributed by atoms with Crippen LogP contribution in [-0.2, 0) is 0 Å². The molecule has 2 nitrogen and oxygen atoms in total. The molecule has 2 aliphatic rings. The highest BCUT2D eigenvalue weighted by atomic mass is 127. The summed E-state index contributed by atoms with van der Waals surface area (Å²) in [5.41, 5.74) is 3.09. The smallest absolute Gasteiger partial charge is 0.0991 e. The maximum Gasteiger partial charge on any atom is 0.0991 e. The van der Waals surface area contributed by atoms with Crippen molar-refractivity contribution >= 4 is 44.7 Å². The Morgan fingerprint density at radius 1 is 1.25 bits per heavy atom. The van der Waals surface area contributed by atoms with E-state index in [4.69, 9.17) is 5.26 Å². The lowest BCUT2D eigenvalue weighted by Crippen LogP contribution is -2.23. The van der Waals surface area contributed by atoms with Gasteiger partial charge >= 0.3 is 0 Å². The molecule has 0 aromatic heterocycles. The lowest BCUT2D eigenvalue weighted by atomic mass is 9.82. The first-order valence-corrected chi connectivity index (χ1v) is 8.05. The van der Waals surface area contributed by atoms with E-state index in [0.717, 1.165) is 8.06 Å². The number of rotatable bonds is 1. The summed E-state index contributed by atoms with van der Waals surface area (Å²) in [5, 5.41) is 8.88. The third-order valence-electron chi connectivity index (χ3n) is 3.49. The molecule has 0 spiro atoms. The van der Waals surface area contributed by atoms with Crippen LogP contribution in [0.4, 0.5) is 0 Å². The fourth-order valence-corrected chi connectivity index (χ4v) is 3.41. The molecule has 2 unspecified atom stereocenters. The van der Waals surface area contributed by atoms with Crippen molar-refractivity contribution in [2.45, 2.75) is 12.0 Å². The average Bonchev–Trinajstić information content (AvgIpc) is 2.51. The van der Waals surface area contributed by atoms with E-state index in [2.05, 4.69) is 67.8 Å². The Morgan fingerprint density at radius 3 is 2.70 bits per heavy atom. The number of aliphatic imine (C=N–C) groups is 1. The quantitative estimate of drug-likeness (QED) is 0.591. The Hall–Kier alpha value is -1.19. The van der Waals surface area contributed by atoms with Crippen LogP contribution in [0.25, 0.3) is 0 Å². The highest BCUT2D eigenvalue weighted by Crippen LogP contribution is 2.40. The molecule has 1 aromatic carbocycles. The first-order chi connectivity index (χ1) is 9.70. The number of nitriles is 1. The third-order valence-corrected chi connectivity index (χ3v) is 5.93. The summed E-state index contributed by atoms with van der Waals surface area (Å²) < 4.78 is 2.25. The molecule has 3 rings (SSSR count). The average molecular weight is 437 g/mol. The molecule has 0 amide bonds. The molecular weight excluding hydrogens is 427 g/mol. The fraction of sp³-hybridized carbons (Fsp3) is 0.125. The minimum Gasteiger partial charge on any atom is -0.283 e. The Balaban J connectivity index is 1.97. The van der Waals surface area contributed by atoms with Crippen molar-refractivity contribution in [3.05, 3.63) is 67.3 Å². The standard InChI is InChI=1S/C16H10BrIN2/c17-15-13-3-1-2-12(16(13)20-9-14(15)18)11-6-4-10(8-19)5-7-11/h1-7,9,12,16H. The molecule has 1 aliphatic carbocycles. The molecule has 0 saturated heterocycles. The Labute approximate surface area is 139 Å². The van der Waals surface area contributed by atoms with Crippen LogP contribution in [0.1, 0.15) is 17.0 Å². The molecule has 1 aliphatic heterocycles. The summed E-state index contributed by atoms with van der Waals surface area (Å²) in [6.45, 7) is 0. The van der Waals surface area contributed by atoms with Gasteiger partial charge in [-0.1, -0.05) is 30.4 Å². The SMILES string of the molecule is N#Cc1ccc(C2C=CC=C3C(Br)=C(I)C=NC32)cc1. The third kappa shape index (κ3) is 2.40. The van der Waals surface area contributed by atoms with Gasteiger partial charge < -0.3 is 0 Å². The van der Waals surface area contributed by atoms with Crippen molar-refractivity contribution in [3.8, 4) is 6.07 Å². The molecule has 98 valence electrons. The number of halogens is 2. The zero-order valence-electron chi connectivity index (χ0n) is 10.4. The summed E-state index contributed by atoms with van der Waals surface area (Å²) in [6.07, 6.45) is 8.29. The van der Waals surface area contributed by atoms with E-state index in [1.54, 1.807) is 0 Å². The summed E-state index contributed by atoms with van der Waals surface area (Å²) >= 11 is 5.94. The van der Waals surface area contributed by atoms with Crippen LogP contribution in [0.15, 0.2) is 61.1 Å². The van der Waals surface area contributed by atoms with E-state index >= 15 is 0 Å². The van der Waals surface area contributed by atoms with Crippen molar-refractivity contribution in [1.82, 2.24) is 0 Å². The Kier molecular flexibility index (Phi) is 3.90. The van der Waals surface area contributed by atoms with Crippen LogP contribution in [0, 0.1) is 11.3 Å². The van der Waals surface area contributed by atoms with Crippen LogP contribution in [0.2, 0.25) is 0 Å². The molecule has 0 radical (unpaired) electrons. The molecule has 1 aromatic rings. The number of hydrogen-bond acceptors (Lipinski definition) is 2. The first-order valence-electron chi connectivity index (χ1n) is 6.18. The topological polar surface area (TPSA) is 36.1 Å². The van der Waals surface area contributed by atoms with Gasteiger partial charge in [-0.05, 0) is 61.8 Å². The van der Waals surface area contributed by atoms with Crippen molar-refractivity contribution in [2.75, 3.05) is 0 Å². The van der Waals surface area contributed by atoms with Gasteiger partial charge in [0.05, 0.1) is 17.7 Å². The maximum absolute atomic E-state index is 8.88. The van der Waals surface area contributed by atoms with Crippen molar-refractivity contribution in [2.24, 2.45) is 4.99 Å².